The van der Waals surface area contributed by atoms with Crippen molar-refractivity contribution >= 4 is 12.0 Å². The Morgan fingerprint density at radius 3 is 2.38 bits per heavy atom. The second-order valence-corrected chi connectivity index (χ2v) is 7.23. The van der Waals surface area contributed by atoms with Gasteiger partial charge in [0.1, 0.15) is 18.2 Å². The van der Waals surface area contributed by atoms with E-state index in [1.165, 1.54) is 18.2 Å². The zero-order valence-electron chi connectivity index (χ0n) is 17.2. The van der Waals surface area contributed by atoms with E-state index in [1.54, 1.807) is 23.0 Å². The van der Waals surface area contributed by atoms with E-state index in [0.29, 0.717) is 30.0 Å². The summed E-state index contributed by atoms with van der Waals surface area (Å²) in [6, 6.07) is 23.7. The van der Waals surface area contributed by atoms with Gasteiger partial charge in [-0.2, -0.15) is 5.10 Å². The summed E-state index contributed by atoms with van der Waals surface area (Å²) in [5, 5.41) is 13.6. The molecule has 0 amide bonds. The van der Waals surface area contributed by atoms with E-state index in [1.807, 2.05) is 54.6 Å². The summed E-state index contributed by atoms with van der Waals surface area (Å²) in [6.45, 7) is 0.994. The third kappa shape index (κ3) is 5.49. The highest BCUT2D eigenvalue weighted by atomic mass is 19.1. The molecule has 3 aromatic carbocycles. The molecular formula is C26H21FN2O3. The van der Waals surface area contributed by atoms with E-state index >= 15 is 0 Å². The lowest BCUT2D eigenvalue weighted by Crippen LogP contribution is -2.01. The van der Waals surface area contributed by atoms with E-state index in [9.17, 15) is 9.18 Å². The van der Waals surface area contributed by atoms with Crippen molar-refractivity contribution in [2.24, 2.45) is 0 Å². The molecule has 0 atom stereocenters. The maximum atomic E-state index is 13.3. The van der Waals surface area contributed by atoms with Gasteiger partial charge in [-0.15, -0.1) is 0 Å². The van der Waals surface area contributed by atoms with Crippen LogP contribution in [-0.4, -0.2) is 20.9 Å². The number of nitrogens with zero attached hydrogens (tertiary/aromatic N) is 2. The number of hydrogen-bond donors (Lipinski definition) is 1. The Morgan fingerprint density at radius 1 is 0.969 bits per heavy atom. The quantitative estimate of drug-likeness (QED) is 0.381. The van der Waals surface area contributed by atoms with Gasteiger partial charge in [0.25, 0.3) is 0 Å². The minimum atomic E-state index is -1.05. The summed E-state index contributed by atoms with van der Waals surface area (Å²) >= 11 is 0. The summed E-state index contributed by atoms with van der Waals surface area (Å²) in [4.78, 5) is 11.0. The van der Waals surface area contributed by atoms with Gasteiger partial charge in [0.2, 0.25) is 0 Å². The average molecular weight is 428 g/mol. The second kappa shape index (κ2) is 9.75. The first-order chi connectivity index (χ1) is 15.6. The number of aromatic nitrogens is 2. The smallest absolute Gasteiger partial charge is 0.328 e. The lowest BCUT2D eigenvalue weighted by molar-refractivity contribution is -0.131. The molecule has 0 spiro atoms. The number of carboxylic acid groups (broad SMARTS) is 1. The standard InChI is InChI=1S/C26H21FN2O3/c27-23-11-8-21(9-12-23)26-22(10-15-25(30)31)17-29(28-26)16-19-6-13-24(14-7-19)32-18-20-4-2-1-3-5-20/h1-15,17H,16,18H2,(H,30,31)/b15-10+. The predicted molar refractivity (Wildman–Crippen MR) is 121 cm³/mol. The van der Waals surface area contributed by atoms with E-state index in [2.05, 4.69) is 5.10 Å². The predicted octanol–water partition coefficient (Wildman–Crippen LogP) is 5.41. The monoisotopic (exact) mass is 428 g/mol. The number of aliphatic carboxylic acids is 1. The van der Waals surface area contributed by atoms with Crippen LogP contribution in [0.1, 0.15) is 16.7 Å². The van der Waals surface area contributed by atoms with Crippen molar-refractivity contribution < 1.29 is 19.0 Å². The van der Waals surface area contributed by atoms with Crippen LogP contribution >= 0.6 is 0 Å². The van der Waals surface area contributed by atoms with Crippen molar-refractivity contribution in [2.45, 2.75) is 13.2 Å². The Hall–Kier alpha value is -4.19. The summed E-state index contributed by atoms with van der Waals surface area (Å²) in [5.74, 6) is -0.616. The fraction of sp³-hybridized carbons (Fsp3) is 0.0769. The Balaban J connectivity index is 1.50. The topological polar surface area (TPSA) is 64.3 Å². The van der Waals surface area contributed by atoms with Gasteiger partial charge in [0.05, 0.1) is 12.2 Å². The largest absolute Gasteiger partial charge is 0.489 e. The van der Waals surface area contributed by atoms with Crippen LogP contribution in [0.4, 0.5) is 4.39 Å². The average Bonchev–Trinajstić information content (AvgIpc) is 3.21. The van der Waals surface area contributed by atoms with Crippen LogP contribution < -0.4 is 4.74 Å². The Kier molecular flexibility index (Phi) is 6.41. The van der Waals surface area contributed by atoms with Crippen molar-refractivity contribution in [3.63, 3.8) is 0 Å². The number of benzene rings is 3. The molecule has 0 aliphatic rings. The molecule has 0 saturated carbocycles. The molecule has 0 unspecified atom stereocenters. The molecule has 4 rings (SSSR count). The van der Waals surface area contributed by atoms with Gasteiger partial charge >= 0.3 is 5.97 Å². The van der Waals surface area contributed by atoms with Crippen molar-refractivity contribution in [1.82, 2.24) is 9.78 Å². The number of carboxylic acids is 1. The molecule has 1 aromatic heterocycles. The van der Waals surface area contributed by atoms with Crippen molar-refractivity contribution in [2.75, 3.05) is 0 Å². The summed E-state index contributed by atoms with van der Waals surface area (Å²) in [6.07, 6.45) is 4.33. The van der Waals surface area contributed by atoms with Gasteiger partial charge in [-0.1, -0.05) is 42.5 Å². The number of hydrogen-bond acceptors (Lipinski definition) is 3. The number of carbonyl (C=O) groups is 1. The minimum Gasteiger partial charge on any atom is -0.489 e. The third-order valence-corrected chi connectivity index (χ3v) is 4.83. The van der Waals surface area contributed by atoms with Gasteiger partial charge in [0, 0.05) is 23.4 Å². The first-order valence-corrected chi connectivity index (χ1v) is 10.1. The molecule has 1 heterocycles. The molecule has 4 aromatic rings. The highest BCUT2D eigenvalue weighted by Crippen LogP contribution is 2.24. The molecule has 0 aliphatic carbocycles. The molecule has 6 heteroatoms. The van der Waals surface area contributed by atoms with Crippen LogP contribution in [0.5, 0.6) is 5.75 Å². The van der Waals surface area contributed by atoms with Crippen molar-refractivity contribution in [3.8, 4) is 17.0 Å². The Bertz CT molecular complexity index is 1210. The van der Waals surface area contributed by atoms with Crippen LogP contribution in [0.15, 0.2) is 91.1 Å². The first-order valence-electron chi connectivity index (χ1n) is 10.1. The van der Waals surface area contributed by atoms with Crippen LogP contribution in [0, 0.1) is 5.82 Å². The molecule has 0 bridgehead atoms. The molecule has 5 nitrogen and oxygen atoms in total. The molecule has 1 N–H and O–H groups in total. The third-order valence-electron chi connectivity index (χ3n) is 4.83. The van der Waals surface area contributed by atoms with Crippen LogP contribution in [0.25, 0.3) is 17.3 Å². The summed E-state index contributed by atoms with van der Waals surface area (Å²) in [7, 11) is 0. The van der Waals surface area contributed by atoms with Gasteiger partial charge in [-0.25, -0.2) is 9.18 Å². The van der Waals surface area contributed by atoms with Gasteiger partial charge < -0.3 is 9.84 Å². The molecule has 0 radical (unpaired) electrons. The van der Waals surface area contributed by atoms with Crippen LogP contribution in [-0.2, 0) is 17.9 Å². The van der Waals surface area contributed by atoms with Crippen LogP contribution in [0.3, 0.4) is 0 Å². The number of ether oxygens (including phenoxy) is 1. The lowest BCUT2D eigenvalue weighted by atomic mass is 10.1. The number of rotatable bonds is 8. The minimum absolute atomic E-state index is 0.342. The summed E-state index contributed by atoms with van der Waals surface area (Å²) < 4.78 is 20.9. The van der Waals surface area contributed by atoms with E-state index in [0.717, 1.165) is 23.0 Å². The molecular weight excluding hydrogens is 407 g/mol. The maximum absolute atomic E-state index is 13.3. The number of halogens is 1. The van der Waals surface area contributed by atoms with Crippen molar-refractivity contribution in [3.05, 3.63) is 114 Å². The normalized spacial score (nSPS) is 11.0. The highest BCUT2D eigenvalue weighted by Gasteiger charge is 2.11. The molecule has 0 saturated heterocycles. The van der Waals surface area contributed by atoms with Crippen molar-refractivity contribution in [1.29, 1.82) is 0 Å². The summed E-state index contributed by atoms with van der Waals surface area (Å²) in [5.41, 5.74) is 4.05. The molecule has 0 fully saturated rings. The fourth-order valence-corrected chi connectivity index (χ4v) is 3.25. The fourth-order valence-electron chi connectivity index (χ4n) is 3.25. The zero-order valence-corrected chi connectivity index (χ0v) is 17.2. The highest BCUT2D eigenvalue weighted by molar-refractivity contribution is 5.87. The van der Waals surface area contributed by atoms with E-state index < -0.39 is 5.97 Å². The van der Waals surface area contributed by atoms with Crippen LogP contribution in [0.2, 0.25) is 0 Å². The molecule has 32 heavy (non-hydrogen) atoms. The SMILES string of the molecule is O=C(O)/C=C/c1cn(Cc2ccc(OCc3ccccc3)cc2)nc1-c1ccc(F)cc1. The Labute approximate surface area is 185 Å². The second-order valence-electron chi connectivity index (χ2n) is 7.23. The Morgan fingerprint density at radius 2 is 1.69 bits per heavy atom. The van der Waals surface area contributed by atoms with E-state index in [-0.39, 0.29) is 5.82 Å². The molecule has 0 aliphatic heterocycles. The van der Waals surface area contributed by atoms with Gasteiger partial charge in [0.15, 0.2) is 0 Å². The van der Waals surface area contributed by atoms with Gasteiger partial charge in [-0.05, 0) is 53.6 Å². The maximum Gasteiger partial charge on any atom is 0.328 e. The van der Waals surface area contributed by atoms with Gasteiger partial charge in [-0.3, -0.25) is 4.68 Å². The van der Waals surface area contributed by atoms with E-state index in [4.69, 9.17) is 9.84 Å². The first kappa shape index (κ1) is 21.1. The zero-order chi connectivity index (χ0) is 22.3. The lowest BCUT2D eigenvalue weighted by Gasteiger charge is -2.07. The molecule has 160 valence electrons.